The molecule has 1 N–H and O–H groups in total. The third-order valence-corrected chi connectivity index (χ3v) is 3.93. The summed E-state index contributed by atoms with van der Waals surface area (Å²) >= 11 is 5.97. The Morgan fingerprint density at radius 2 is 2.09 bits per heavy atom. The molecule has 120 valence electrons. The molecule has 1 saturated heterocycles. The minimum atomic E-state index is -0.0225. The summed E-state index contributed by atoms with van der Waals surface area (Å²) in [5.41, 5.74) is 0.780. The fraction of sp³-hybridized carbons (Fsp3) is 0.438. The maximum absolute atomic E-state index is 12.2. The zero-order chi connectivity index (χ0) is 15.9. The molecular formula is C16H21ClN2O3. The van der Waals surface area contributed by atoms with Crippen molar-refractivity contribution in [2.75, 3.05) is 46.4 Å². The molecule has 22 heavy (non-hydrogen) atoms. The second-order valence-corrected chi connectivity index (χ2v) is 5.55. The van der Waals surface area contributed by atoms with E-state index in [-0.39, 0.29) is 12.5 Å². The molecule has 5 nitrogen and oxygen atoms in total. The third kappa shape index (κ3) is 4.47. The van der Waals surface area contributed by atoms with E-state index in [1.165, 1.54) is 0 Å². The Kier molecular flexibility index (Phi) is 6.24. The Balaban J connectivity index is 1.96. The molecule has 0 unspecified atom stereocenters. The first kappa shape index (κ1) is 16.8. The fourth-order valence-corrected chi connectivity index (χ4v) is 2.62. The molecule has 1 aliphatic rings. The maximum Gasteiger partial charge on any atom is 0.246 e. The highest BCUT2D eigenvalue weighted by Crippen LogP contribution is 2.23. The van der Waals surface area contributed by atoms with Gasteiger partial charge in [-0.3, -0.25) is 9.69 Å². The van der Waals surface area contributed by atoms with E-state index in [1.807, 2.05) is 0 Å². The number of benzene rings is 1. The van der Waals surface area contributed by atoms with Crippen molar-refractivity contribution in [1.82, 2.24) is 9.80 Å². The molecule has 1 amide bonds. The van der Waals surface area contributed by atoms with Gasteiger partial charge in [-0.1, -0.05) is 11.6 Å². The van der Waals surface area contributed by atoms with E-state index in [9.17, 15) is 4.79 Å². The van der Waals surface area contributed by atoms with Gasteiger partial charge >= 0.3 is 0 Å². The van der Waals surface area contributed by atoms with Crippen molar-refractivity contribution in [3.63, 3.8) is 0 Å². The van der Waals surface area contributed by atoms with Gasteiger partial charge in [0.1, 0.15) is 5.75 Å². The fourth-order valence-electron chi connectivity index (χ4n) is 2.44. The summed E-state index contributed by atoms with van der Waals surface area (Å²) < 4.78 is 5.25. The molecule has 0 aliphatic carbocycles. The highest BCUT2D eigenvalue weighted by atomic mass is 35.5. The van der Waals surface area contributed by atoms with Gasteiger partial charge in [0, 0.05) is 49.4 Å². The Hall–Kier alpha value is -1.56. The number of carbonyl (C=O) groups is 1. The third-order valence-electron chi connectivity index (χ3n) is 3.70. The van der Waals surface area contributed by atoms with Gasteiger partial charge in [0.15, 0.2) is 0 Å². The summed E-state index contributed by atoms with van der Waals surface area (Å²) in [6, 6.07) is 5.30. The average Bonchev–Trinajstić information content (AvgIpc) is 2.54. The molecule has 0 atom stereocenters. The Labute approximate surface area is 135 Å². The zero-order valence-corrected chi connectivity index (χ0v) is 13.4. The van der Waals surface area contributed by atoms with Crippen molar-refractivity contribution < 1.29 is 14.6 Å². The van der Waals surface area contributed by atoms with Gasteiger partial charge in [-0.15, -0.1) is 0 Å². The molecule has 1 aromatic carbocycles. The summed E-state index contributed by atoms with van der Waals surface area (Å²) in [4.78, 5) is 16.2. The minimum absolute atomic E-state index is 0.0225. The molecule has 1 heterocycles. The normalized spacial score (nSPS) is 16.2. The van der Waals surface area contributed by atoms with Crippen molar-refractivity contribution in [1.29, 1.82) is 0 Å². The number of nitrogens with zero attached hydrogens (tertiary/aromatic N) is 2. The number of rotatable bonds is 5. The molecule has 2 rings (SSSR count). The van der Waals surface area contributed by atoms with E-state index >= 15 is 0 Å². The molecule has 1 aromatic rings. The van der Waals surface area contributed by atoms with E-state index in [0.717, 1.165) is 18.7 Å². The number of amides is 1. The standard InChI is InChI=1S/C16H21ClN2O3/c1-22-15-4-3-14(17)12-13(15)2-5-16(21)19-8-6-18(7-9-19)10-11-20/h2-5,12,20H,6-11H2,1H3. The Morgan fingerprint density at radius 1 is 1.36 bits per heavy atom. The zero-order valence-electron chi connectivity index (χ0n) is 12.7. The van der Waals surface area contributed by atoms with Crippen molar-refractivity contribution in [2.45, 2.75) is 0 Å². The molecule has 0 saturated carbocycles. The van der Waals surface area contributed by atoms with Gasteiger partial charge < -0.3 is 14.7 Å². The quantitative estimate of drug-likeness (QED) is 0.834. The number of hydrogen-bond donors (Lipinski definition) is 1. The molecule has 0 aromatic heterocycles. The van der Waals surface area contributed by atoms with Crippen LogP contribution in [0.2, 0.25) is 5.02 Å². The van der Waals surface area contributed by atoms with Crippen LogP contribution < -0.4 is 4.74 Å². The predicted octanol–water partition coefficient (Wildman–Crippen LogP) is 1.50. The number of hydrogen-bond acceptors (Lipinski definition) is 4. The number of aliphatic hydroxyl groups excluding tert-OH is 1. The summed E-state index contributed by atoms with van der Waals surface area (Å²) in [5.74, 6) is 0.659. The summed E-state index contributed by atoms with van der Waals surface area (Å²) in [6.07, 6.45) is 3.28. The van der Waals surface area contributed by atoms with Crippen molar-refractivity contribution in [3.05, 3.63) is 34.9 Å². The molecule has 0 radical (unpaired) electrons. The Bertz CT molecular complexity index is 540. The second kappa shape index (κ2) is 8.17. The van der Waals surface area contributed by atoms with Crippen LogP contribution in [0, 0.1) is 0 Å². The average molecular weight is 325 g/mol. The lowest BCUT2D eigenvalue weighted by Crippen LogP contribution is -2.48. The van der Waals surface area contributed by atoms with Gasteiger partial charge in [-0.25, -0.2) is 0 Å². The van der Waals surface area contributed by atoms with Crippen molar-refractivity contribution >= 4 is 23.6 Å². The van der Waals surface area contributed by atoms with E-state index in [4.69, 9.17) is 21.4 Å². The van der Waals surface area contributed by atoms with E-state index in [0.29, 0.717) is 30.4 Å². The van der Waals surface area contributed by atoms with E-state index in [1.54, 1.807) is 42.4 Å². The Morgan fingerprint density at radius 3 is 2.73 bits per heavy atom. The van der Waals surface area contributed by atoms with Crippen molar-refractivity contribution in [2.24, 2.45) is 0 Å². The van der Waals surface area contributed by atoms with Gasteiger partial charge in [0.25, 0.3) is 0 Å². The number of methoxy groups -OCH3 is 1. The second-order valence-electron chi connectivity index (χ2n) is 5.11. The van der Waals surface area contributed by atoms with Crippen LogP contribution in [-0.2, 0) is 4.79 Å². The van der Waals surface area contributed by atoms with E-state index in [2.05, 4.69) is 4.90 Å². The first-order valence-electron chi connectivity index (χ1n) is 7.28. The monoisotopic (exact) mass is 324 g/mol. The summed E-state index contributed by atoms with van der Waals surface area (Å²) in [6.45, 7) is 3.76. The van der Waals surface area contributed by atoms with Crippen LogP contribution in [0.3, 0.4) is 0 Å². The SMILES string of the molecule is COc1ccc(Cl)cc1C=CC(=O)N1CCN(CCO)CC1. The topological polar surface area (TPSA) is 53.0 Å². The number of carbonyl (C=O) groups excluding carboxylic acids is 1. The van der Waals surface area contributed by atoms with Crippen LogP contribution in [0.15, 0.2) is 24.3 Å². The van der Waals surface area contributed by atoms with Gasteiger partial charge in [-0.2, -0.15) is 0 Å². The molecule has 6 heteroatoms. The smallest absolute Gasteiger partial charge is 0.246 e. The first-order chi connectivity index (χ1) is 10.6. The molecular weight excluding hydrogens is 304 g/mol. The largest absolute Gasteiger partial charge is 0.496 e. The minimum Gasteiger partial charge on any atom is -0.496 e. The van der Waals surface area contributed by atoms with E-state index < -0.39 is 0 Å². The highest BCUT2D eigenvalue weighted by Gasteiger charge is 2.18. The lowest BCUT2D eigenvalue weighted by atomic mass is 10.2. The molecule has 0 bridgehead atoms. The van der Waals surface area contributed by atoms with Crippen molar-refractivity contribution in [3.8, 4) is 5.75 Å². The van der Waals surface area contributed by atoms with Crippen LogP contribution >= 0.6 is 11.6 Å². The predicted molar refractivity (Wildman–Crippen MR) is 87.1 cm³/mol. The number of ether oxygens (including phenoxy) is 1. The molecule has 1 aliphatic heterocycles. The van der Waals surface area contributed by atoms with Crippen LogP contribution in [0.1, 0.15) is 5.56 Å². The molecule has 1 fully saturated rings. The van der Waals surface area contributed by atoms with Crippen LogP contribution in [0.25, 0.3) is 6.08 Å². The number of aliphatic hydroxyl groups is 1. The van der Waals surface area contributed by atoms with Crippen LogP contribution in [0.4, 0.5) is 0 Å². The van der Waals surface area contributed by atoms with Gasteiger partial charge in [0.05, 0.1) is 13.7 Å². The summed E-state index contributed by atoms with van der Waals surface area (Å²) in [7, 11) is 1.59. The maximum atomic E-state index is 12.2. The number of halogens is 1. The van der Waals surface area contributed by atoms with Crippen LogP contribution in [-0.4, -0.2) is 67.3 Å². The highest BCUT2D eigenvalue weighted by molar-refractivity contribution is 6.30. The lowest BCUT2D eigenvalue weighted by molar-refractivity contribution is -0.127. The summed E-state index contributed by atoms with van der Waals surface area (Å²) in [5, 5.41) is 9.52. The number of β-amino-alcohol motifs (C(OH)–C–C–N with tert-alkyl or cyclic N) is 1. The first-order valence-corrected chi connectivity index (χ1v) is 7.65. The lowest BCUT2D eigenvalue weighted by Gasteiger charge is -2.33. The van der Waals surface area contributed by atoms with Crippen LogP contribution in [0.5, 0.6) is 5.75 Å². The number of piperazine rings is 1. The molecule has 0 spiro atoms. The van der Waals surface area contributed by atoms with Gasteiger partial charge in [-0.05, 0) is 24.3 Å². The van der Waals surface area contributed by atoms with Gasteiger partial charge in [0.2, 0.25) is 5.91 Å².